The van der Waals surface area contributed by atoms with Gasteiger partial charge in [-0.1, -0.05) is 130 Å². The number of aromatic nitrogens is 2. The third kappa shape index (κ3) is 8.47. The molecule has 0 aliphatic heterocycles. The van der Waals surface area contributed by atoms with Gasteiger partial charge in [-0.15, -0.1) is 48.0 Å². The molecule has 3 aromatic heterocycles. The molecular formula is C54H42FIrN3O-2. The summed E-state index contributed by atoms with van der Waals surface area (Å²) in [5, 5.41) is 12.1. The van der Waals surface area contributed by atoms with Gasteiger partial charge in [0.25, 0.3) is 0 Å². The summed E-state index contributed by atoms with van der Waals surface area (Å²) in [5.41, 5.74) is 14.0. The van der Waals surface area contributed by atoms with Gasteiger partial charge >= 0.3 is 0 Å². The predicted molar refractivity (Wildman–Crippen MR) is 238 cm³/mol. The molecule has 0 aliphatic rings. The van der Waals surface area contributed by atoms with Crippen molar-refractivity contribution in [2.45, 2.75) is 46.4 Å². The molecular weight excluding hydrogens is 918 g/mol. The minimum Gasteiger partial charge on any atom is -0.500 e. The molecule has 0 saturated heterocycles. The molecule has 0 atom stereocenters. The second-order valence-corrected chi connectivity index (χ2v) is 15.0. The third-order valence-corrected chi connectivity index (χ3v) is 10.5. The van der Waals surface area contributed by atoms with Crippen LogP contribution in [-0.4, -0.2) is 9.97 Å². The molecule has 9 aromatic rings. The van der Waals surface area contributed by atoms with Crippen LogP contribution in [0.2, 0.25) is 0 Å². The van der Waals surface area contributed by atoms with Gasteiger partial charge in [0.2, 0.25) is 0 Å². The maximum atomic E-state index is 12.7. The summed E-state index contributed by atoms with van der Waals surface area (Å²) in [5.74, 6) is 0.399. The quantitative estimate of drug-likeness (QED) is 0.149. The molecule has 1 radical (unpaired) electrons. The zero-order chi connectivity index (χ0) is 43.5. The number of halogens is 1. The molecule has 6 aromatic carbocycles. The summed E-state index contributed by atoms with van der Waals surface area (Å²) in [6, 6.07) is 53.1. The Balaban J connectivity index is 0.000000278. The summed E-state index contributed by atoms with van der Waals surface area (Å²) in [7, 11) is 0. The predicted octanol–water partition coefficient (Wildman–Crippen LogP) is 14.6. The molecule has 9 rings (SSSR count). The first-order chi connectivity index (χ1) is 29.9. The monoisotopic (exact) mass is 963 g/mol. The number of benzene rings is 6. The van der Waals surface area contributed by atoms with E-state index in [1.807, 2.05) is 60.8 Å². The Morgan fingerprint density at radius 3 is 2.07 bits per heavy atom. The second-order valence-electron chi connectivity index (χ2n) is 15.0. The molecule has 297 valence electrons. The van der Waals surface area contributed by atoms with Gasteiger partial charge in [0.15, 0.2) is 0 Å². The van der Waals surface area contributed by atoms with Gasteiger partial charge in [-0.2, -0.15) is 5.26 Å². The standard InChI is InChI=1S/C42H33N2O.C12H9FN.Ir/c1-26(2)33-15-9-16-34(27(3)4)40(33)31-21-22-44-38(24-31)37-18-10-17-35-36-20-19-32(25-43)39(42(36)45-41(35)37)30-14-8-13-29(23-30)28-11-6-5-7-12-28;1-9-2-7-12(14-8-9)10-3-5-11(13)6-4-10;/h5-17,19-24,26-27H,1-4H3;2-3,5-8H,1H3;/q2*-1;/i;1D3;. The molecule has 0 unspecified atom stereocenters. The van der Waals surface area contributed by atoms with Crippen LogP contribution in [0.4, 0.5) is 4.39 Å². The molecule has 4 nitrogen and oxygen atoms in total. The van der Waals surface area contributed by atoms with Gasteiger partial charge in [-0.05, 0) is 92.8 Å². The van der Waals surface area contributed by atoms with E-state index < -0.39 is 6.85 Å². The van der Waals surface area contributed by atoms with E-state index in [-0.39, 0.29) is 31.5 Å². The number of nitrogens with zero attached hydrogens (tertiary/aromatic N) is 3. The van der Waals surface area contributed by atoms with Crippen molar-refractivity contribution < 1.29 is 33.0 Å². The van der Waals surface area contributed by atoms with Crippen molar-refractivity contribution in [1.29, 1.82) is 5.26 Å². The molecule has 0 bridgehead atoms. The zero-order valence-electron chi connectivity index (χ0n) is 36.5. The fourth-order valence-corrected chi connectivity index (χ4v) is 7.59. The molecule has 0 aliphatic carbocycles. The van der Waals surface area contributed by atoms with E-state index in [0.717, 1.165) is 49.8 Å². The second kappa shape index (κ2) is 18.2. The molecule has 60 heavy (non-hydrogen) atoms. The van der Waals surface area contributed by atoms with Crippen molar-refractivity contribution in [2.75, 3.05) is 0 Å². The van der Waals surface area contributed by atoms with Crippen LogP contribution in [0.25, 0.3) is 77.8 Å². The summed E-state index contributed by atoms with van der Waals surface area (Å²) in [4.78, 5) is 8.85. The Morgan fingerprint density at radius 1 is 0.667 bits per heavy atom. The van der Waals surface area contributed by atoms with Crippen molar-refractivity contribution >= 4 is 21.9 Å². The molecule has 0 fully saturated rings. The number of nitriles is 1. The van der Waals surface area contributed by atoms with Gasteiger partial charge in [0, 0.05) is 53.4 Å². The maximum Gasteiger partial charge on any atom is 0.130 e. The molecule has 0 spiro atoms. The molecule has 0 amide bonds. The summed E-state index contributed by atoms with van der Waals surface area (Å²) in [6.45, 7) is 6.83. The minimum atomic E-state index is -2.15. The maximum absolute atomic E-state index is 12.7. The summed E-state index contributed by atoms with van der Waals surface area (Å²) >= 11 is 0. The summed E-state index contributed by atoms with van der Waals surface area (Å²) in [6.07, 6.45) is 3.19. The van der Waals surface area contributed by atoms with Crippen LogP contribution in [-0.2, 0) is 20.1 Å². The number of furan rings is 1. The van der Waals surface area contributed by atoms with E-state index in [0.29, 0.717) is 39.8 Å². The molecule has 6 heteroatoms. The smallest absolute Gasteiger partial charge is 0.130 e. The zero-order valence-corrected chi connectivity index (χ0v) is 35.9. The van der Waals surface area contributed by atoms with E-state index in [9.17, 15) is 9.65 Å². The number of aryl methyl sites for hydroxylation is 1. The van der Waals surface area contributed by atoms with Gasteiger partial charge in [0.1, 0.15) is 5.58 Å². The van der Waals surface area contributed by atoms with E-state index in [2.05, 4.69) is 105 Å². The summed E-state index contributed by atoms with van der Waals surface area (Å²) < 4.78 is 41.1. The first-order valence-electron chi connectivity index (χ1n) is 21.1. The van der Waals surface area contributed by atoms with Crippen molar-refractivity contribution in [2.24, 2.45) is 0 Å². The van der Waals surface area contributed by atoms with E-state index in [1.165, 1.54) is 41.1 Å². The van der Waals surface area contributed by atoms with Crippen molar-refractivity contribution in [1.82, 2.24) is 9.97 Å². The van der Waals surface area contributed by atoms with Gasteiger partial charge < -0.3 is 14.4 Å². The fraction of sp³-hybridized carbons (Fsp3) is 0.130. The van der Waals surface area contributed by atoms with E-state index >= 15 is 0 Å². The first-order valence-corrected chi connectivity index (χ1v) is 19.6. The number of fused-ring (bicyclic) bond motifs is 3. The third-order valence-electron chi connectivity index (χ3n) is 10.5. The molecule has 3 heterocycles. The van der Waals surface area contributed by atoms with Gasteiger partial charge in [-0.3, -0.25) is 4.39 Å². The van der Waals surface area contributed by atoms with Crippen LogP contribution in [0.1, 0.15) is 65.9 Å². The van der Waals surface area contributed by atoms with Crippen molar-refractivity contribution in [3.63, 3.8) is 0 Å². The van der Waals surface area contributed by atoms with Crippen LogP contribution < -0.4 is 0 Å². The Kier molecular flexibility index (Phi) is 11.4. The first kappa shape index (κ1) is 37.7. The number of hydrogen-bond donors (Lipinski definition) is 0. The topological polar surface area (TPSA) is 62.7 Å². The fourth-order valence-electron chi connectivity index (χ4n) is 7.59. The van der Waals surface area contributed by atoms with Crippen molar-refractivity contribution in [3.05, 3.63) is 192 Å². The SMILES string of the molecule is CC(C)c1cccc(C(C)C)c1-c1ccnc(-c2[c-]ccc3c2oc2c(-c4cccc(-c5ccccc5)c4)c(C#N)ccc23)c1.[2H]C([2H])([2H])c1ccc(-c2[c-]cc(F)cc2)nc1.[Ir]. The van der Waals surface area contributed by atoms with Gasteiger partial charge in [0.05, 0.1) is 17.2 Å². The Hall–Kier alpha value is -6.51. The van der Waals surface area contributed by atoms with Crippen LogP contribution >= 0.6 is 0 Å². The van der Waals surface area contributed by atoms with Crippen LogP contribution in [0.5, 0.6) is 0 Å². The molecule has 0 saturated carbocycles. The average Bonchev–Trinajstić information content (AvgIpc) is 3.68. The number of hydrogen-bond acceptors (Lipinski definition) is 4. The minimum absolute atomic E-state index is 0. The van der Waals surface area contributed by atoms with Crippen molar-refractivity contribution in [3.8, 4) is 62.0 Å². The Bertz CT molecular complexity index is 3060. The van der Waals surface area contributed by atoms with Crippen LogP contribution in [0.15, 0.2) is 156 Å². The van der Waals surface area contributed by atoms with E-state index in [1.54, 1.807) is 12.1 Å². The average molecular weight is 963 g/mol. The Morgan fingerprint density at radius 2 is 1.38 bits per heavy atom. The largest absolute Gasteiger partial charge is 0.500 e. The normalized spacial score (nSPS) is 11.9. The molecule has 0 N–H and O–H groups in total. The Labute approximate surface area is 369 Å². The number of rotatable bonds is 7. The number of pyridine rings is 2. The van der Waals surface area contributed by atoms with E-state index in [4.69, 9.17) is 13.5 Å². The van der Waals surface area contributed by atoms with Gasteiger partial charge in [-0.25, -0.2) is 0 Å². The van der Waals surface area contributed by atoms with Crippen LogP contribution in [0.3, 0.4) is 0 Å². The van der Waals surface area contributed by atoms with Crippen LogP contribution in [0, 0.1) is 36.1 Å².